The number of aromatic nitrogens is 2. The second-order valence-corrected chi connectivity index (χ2v) is 8.23. The van der Waals surface area contributed by atoms with Gasteiger partial charge in [0.05, 0.1) is 0 Å². The van der Waals surface area contributed by atoms with Crippen LogP contribution in [0.25, 0.3) is 0 Å². The van der Waals surface area contributed by atoms with Crippen LogP contribution in [-0.2, 0) is 25.9 Å². The van der Waals surface area contributed by atoms with E-state index in [0.717, 1.165) is 35.3 Å². The number of carbonyl (C=O) groups is 2. The van der Waals surface area contributed by atoms with Gasteiger partial charge in [-0.15, -0.1) is 0 Å². The quantitative estimate of drug-likeness (QED) is 0.273. The molecule has 0 aliphatic rings. The molecule has 36 heavy (non-hydrogen) atoms. The van der Waals surface area contributed by atoms with E-state index in [-0.39, 0.29) is 12.1 Å². The lowest BCUT2D eigenvalue weighted by Gasteiger charge is -2.09. The highest BCUT2D eigenvalue weighted by Crippen LogP contribution is 2.15. The van der Waals surface area contributed by atoms with E-state index in [1.165, 1.54) is 11.1 Å². The van der Waals surface area contributed by atoms with Crippen molar-refractivity contribution in [3.63, 3.8) is 0 Å². The van der Waals surface area contributed by atoms with E-state index < -0.39 is 0 Å². The lowest BCUT2D eigenvalue weighted by molar-refractivity contribution is 0.251. The van der Waals surface area contributed by atoms with Gasteiger partial charge in [0.15, 0.2) is 0 Å². The number of aryl methyl sites for hydroxylation is 2. The second-order valence-electron chi connectivity index (χ2n) is 8.23. The third kappa shape index (κ3) is 7.95. The Balaban J connectivity index is 1.17. The fraction of sp³-hybridized carbons (Fsp3) is 0.143. The fourth-order valence-electron chi connectivity index (χ4n) is 3.52. The molecule has 8 heteroatoms. The third-order valence-electron chi connectivity index (χ3n) is 5.48. The molecular weight excluding hydrogens is 452 g/mol. The number of hydrogen-bond acceptors (Lipinski definition) is 4. The Hall–Kier alpha value is -4.72. The monoisotopic (exact) mass is 480 g/mol. The standard InChI is InChI=1S/C28H28N6O2/c35-27(31-19-23-3-1-15-29-17-23)33-25-11-7-21(8-12-25)5-6-22-9-13-26(14-10-22)34-28(36)32-20-24-4-2-16-30-18-24/h1-4,7-18H,5-6,19-20H2,(H2,31,33,35)(H2,32,34,36). The smallest absolute Gasteiger partial charge is 0.319 e. The summed E-state index contributed by atoms with van der Waals surface area (Å²) in [5.74, 6) is 0. The molecule has 4 aromatic rings. The minimum Gasteiger partial charge on any atom is -0.334 e. The Morgan fingerprint density at radius 3 is 1.33 bits per heavy atom. The van der Waals surface area contributed by atoms with Gasteiger partial charge in [-0.2, -0.15) is 0 Å². The third-order valence-corrected chi connectivity index (χ3v) is 5.48. The summed E-state index contributed by atoms with van der Waals surface area (Å²) in [4.78, 5) is 32.3. The number of anilines is 2. The van der Waals surface area contributed by atoms with Crippen LogP contribution in [0, 0.1) is 0 Å². The highest BCUT2D eigenvalue weighted by atomic mass is 16.2. The lowest BCUT2D eigenvalue weighted by atomic mass is 10.0. The summed E-state index contributed by atoms with van der Waals surface area (Å²) in [7, 11) is 0. The van der Waals surface area contributed by atoms with E-state index in [1.807, 2.05) is 72.8 Å². The minimum atomic E-state index is -0.258. The Morgan fingerprint density at radius 2 is 0.972 bits per heavy atom. The summed E-state index contributed by atoms with van der Waals surface area (Å²) in [5, 5.41) is 11.3. The molecule has 4 amide bonds. The molecule has 2 aromatic heterocycles. The number of amides is 4. The first-order chi connectivity index (χ1) is 17.6. The molecular formula is C28H28N6O2. The van der Waals surface area contributed by atoms with Gasteiger partial charge < -0.3 is 21.3 Å². The van der Waals surface area contributed by atoms with Crippen molar-refractivity contribution in [2.24, 2.45) is 0 Å². The maximum Gasteiger partial charge on any atom is 0.319 e. The molecule has 2 heterocycles. The zero-order valence-corrected chi connectivity index (χ0v) is 19.8. The molecule has 4 rings (SSSR count). The first-order valence-electron chi connectivity index (χ1n) is 11.7. The lowest BCUT2D eigenvalue weighted by Crippen LogP contribution is -2.28. The van der Waals surface area contributed by atoms with Crippen LogP contribution in [0.1, 0.15) is 22.3 Å². The predicted molar refractivity (Wildman–Crippen MR) is 140 cm³/mol. The molecule has 182 valence electrons. The number of nitrogens with zero attached hydrogens (tertiary/aromatic N) is 2. The van der Waals surface area contributed by atoms with E-state index in [1.54, 1.807) is 24.8 Å². The Kier molecular flexibility index (Phi) is 8.58. The van der Waals surface area contributed by atoms with Crippen molar-refractivity contribution < 1.29 is 9.59 Å². The van der Waals surface area contributed by atoms with Gasteiger partial charge in [0.1, 0.15) is 0 Å². The summed E-state index contributed by atoms with van der Waals surface area (Å²) in [6, 6.07) is 22.6. The van der Waals surface area contributed by atoms with E-state index >= 15 is 0 Å². The normalized spacial score (nSPS) is 10.3. The molecule has 0 saturated carbocycles. The van der Waals surface area contributed by atoms with Gasteiger partial charge in [0.2, 0.25) is 0 Å². The molecule has 0 atom stereocenters. The first-order valence-corrected chi connectivity index (χ1v) is 11.7. The van der Waals surface area contributed by atoms with Crippen LogP contribution in [-0.4, -0.2) is 22.0 Å². The van der Waals surface area contributed by atoms with Crippen molar-refractivity contribution in [1.29, 1.82) is 0 Å². The average molecular weight is 481 g/mol. The van der Waals surface area contributed by atoms with Crippen LogP contribution >= 0.6 is 0 Å². The highest BCUT2D eigenvalue weighted by Gasteiger charge is 2.04. The molecule has 0 unspecified atom stereocenters. The average Bonchev–Trinajstić information content (AvgIpc) is 2.92. The van der Waals surface area contributed by atoms with Crippen LogP contribution in [0.2, 0.25) is 0 Å². The topological polar surface area (TPSA) is 108 Å². The first kappa shape index (κ1) is 24.4. The van der Waals surface area contributed by atoms with E-state index in [9.17, 15) is 9.59 Å². The largest absolute Gasteiger partial charge is 0.334 e. The summed E-state index contributed by atoms with van der Waals surface area (Å²) >= 11 is 0. The minimum absolute atomic E-state index is 0.258. The van der Waals surface area contributed by atoms with Crippen molar-refractivity contribution in [1.82, 2.24) is 20.6 Å². The van der Waals surface area contributed by atoms with Crippen molar-refractivity contribution in [2.45, 2.75) is 25.9 Å². The summed E-state index contributed by atoms with van der Waals surface area (Å²) in [6.45, 7) is 0.838. The van der Waals surface area contributed by atoms with Crippen molar-refractivity contribution >= 4 is 23.4 Å². The maximum absolute atomic E-state index is 12.1. The number of nitrogens with one attached hydrogen (secondary N) is 4. The molecule has 0 aliphatic carbocycles. The molecule has 8 nitrogen and oxygen atoms in total. The molecule has 0 spiro atoms. The Bertz CT molecular complexity index is 1150. The fourth-order valence-corrected chi connectivity index (χ4v) is 3.52. The van der Waals surface area contributed by atoms with Gasteiger partial charge in [-0.1, -0.05) is 36.4 Å². The number of carbonyl (C=O) groups excluding carboxylic acids is 2. The number of rotatable bonds is 9. The van der Waals surface area contributed by atoms with Crippen LogP contribution in [0.5, 0.6) is 0 Å². The Labute approximate surface area is 210 Å². The number of hydrogen-bond donors (Lipinski definition) is 4. The van der Waals surface area contributed by atoms with Crippen LogP contribution < -0.4 is 21.3 Å². The Morgan fingerprint density at radius 1 is 0.556 bits per heavy atom. The second kappa shape index (κ2) is 12.7. The van der Waals surface area contributed by atoms with Crippen molar-refractivity contribution in [3.8, 4) is 0 Å². The van der Waals surface area contributed by atoms with E-state index in [2.05, 4.69) is 31.2 Å². The zero-order chi connectivity index (χ0) is 25.0. The highest BCUT2D eigenvalue weighted by molar-refractivity contribution is 5.89. The molecule has 2 aromatic carbocycles. The summed E-state index contributed by atoms with van der Waals surface area (Å²) in [5.41, 5.74) is 5.70. The van der Waals surface area contributed by atoms with Crippen LogP contribution in [0.15, 0.2) is 97.6 Å². The SMILES string of the molecule is O=C(NCc1cccnc1)Nc1ccc(CCc2ccc(NC(=O)NCc3cccnc3)cc2)cc1. The molecule has 0 aliphatic heterocycles. The number of urea groups is 2. The predicted octanol–water partition coefficient (Wildman–Crippen LogP) is 4.91. The van der Waals surface area contributed by atoms with Gasteiger partial charge in [-0.3, -0.25) is 9.97 Å². The molecule has 0 radical (unpaired) electrons. The molecule has 0 saturated heterocycles. The maximum atomic E-state index is 12.1. The summed E-state index contributed by atoms with van der Waals surface area (Å²) in [6.07, 6.45) is 8.58. The van der Waals surface area contributed by atoms with E-state index in [4.69, 9.17) is 0 Å². The van der Waals surface area contributed by atoms with Gasteiger partial charge in [0.25, 0.3) is 0 Å². The molecule has 4 N–H and O–H groups in total. The van der Waals surface area contributed by atoms with E-state index in [0.29, 0.717) is 13.1 Å². The van der Waals surface area contributed by atoms with Gasteiger partial charge in [0, 0.05) is 49.3 Å². The van der Waals surface area contributed by atoms with Gasteiger partial charge in [-0.05, 0) is 71.5 Å². The number of pyridine rings is 2. The summed E-state index contributed by atoms with van der Waals surface area (Å²) < 4.78 is 0. The van der Waals surface area contributed by atoms with Crippen LogP contribution in [0.3, 0.4) is 0 Å². The molecule has 0 fully saturated rings. The zero-order valence-electron chi connectivity index (χ0n) is 19.8. The number of benzene rings is 2. The van der Waals surface area contributed by atoms with Crippen molar-refractivity contribution in [2.75, 3.05) is 10.6 Å². The van der Waals surface area contributed by atoms with Crippen LogP contribution in [0.4, 0.5) is 21.0 Å². The van der Waals surface area contributed by atoms with Gasteiger partial charge >= 0.3 is 12.1 Å². The van der Waals surface area contributed by atoms with Gasteiger partial charge in [-0.25, -0.2) is 9.59 Å². The molecule has 0 bridgehead atoms. The van der Waals surface area contributed by atoms with Crippen molar-refractivity contribution in [3.05, 3.63) is 120 Å².